The van der Waals surface area contributed by atoms with E-state index in [1.807, 2.05) is 6.07 Å². The van der Waals surface area contributed by atoms with E-state index in [9.17, 15) is 9.59 Å². The maximum Gasteiger partial charge on any atom is 0.327 e. The van der Waals surface area contributed by atoms with Gasteiger partial charge in [0.05, 0.1) is 5.69 Å². The predicted octanol–water partition coefficient (Wildman–Crippen LogP) is 2.95. The Morgan fingerprint density at radius 1 is 1.27 bits per heavy atom. The van der Waals surface area contributed by atoms with Crippen molar-refractivity contribution in [2.24, 2.45) is 0 Å². The number of hydrogen-bond donors (Lipinski definition) is 3. The number of aryl methyl sites for hydroxylation is 3. The first-order chi connectivity index (χ1) is 10.4. The average Bonchev–Trinajstić information content (AvgIpc) is 2.75. The smallest absolute Gasteiger partial charge is 0.327 e. The molecule has 7 nitrogen and oxygen atoms in total. The second-order valence-corrected chi connectivity index (χ2v) is 4.83. The van der Waals surface area contributed by atoms with E-state index >= 15 is 0 Å². The van der Waals surface area contributed by atoms with Crippen LogP contribution in [0, 0.1) is 13.8 Å². The highest BCUT2D eigenvalue weighted by molar-refractivity contribution is 5.98. The second kappa shape index (κ2) is 6.75. The molecule has 0 unspecified atom stereocenters. The van der Waals surface area contributed by atoms with Crippen molar-refractivity contribution >= 4 is 23.7 Å². The normalized spacial score (nSPS) is 10.3. The third kappa shape index (κ3) is 4.34. The van der Waals surface area contributed by atoms with E-state index in [2.05, 4.69) is 15.6 Å². The van der Waals surface area contributed by atoms with Crippen LogP contribution in [0.15, 0.2) is 28.7 Å². The van der Waals surface area contributed by atoms with Crippen molar-refractivity contribution in [3.05, 3.63) is 41.3 Å². The van der Waals surface area contributed by atoms with Gasteiger partial charge in [-0.05, 0) is 38.0 Å². The number of aliphatic carboxylic acids is 1. The van der Waals surface area contributed by atoms with E-state index in [0.29, 0.717) is 23.6 Å². The molecule has 7 heteroatoms. The lowest BCUT2D eigenvalue weighted by atomic mass is 10.1. The molecule has 2 rings (SSSR count). The molecule has 0 radical (unpaired) electrons. The van der Waals surface area contributed by atoms with Crippen LogP contribution < -0.4 is 10.6 Å². The van der Waals surface area contributed by atoms with Crippen molar-refractivity contribution in [3.8, 4) is 0 Å². The van der Waals surface area contributed by atoms with Crippen LogP contribution in [0.1, 0.15) is 23.4 Å². The van der Waals surface area contributed by atoms with Gasteiger partial charge in [0.15, 0.2) is 0 Å². The summed E-state index contributed by atoms with van der Waals surface area (Å²) in [6.07, 6.45) is 0.453. The van der Waals surface area contributed by atoms with Crippen LogP contribution in [-0.4, -0.2) is 22.1 Å². The molecule has 116 valence electrons. The van der Waals surface area contributed by atoms with Gasteiger partial charge in [-0.3, -0.25) is 10.1 Å². The van der Waals surface area contributed by atoms with Crippen molar-refractivity contribution in [2.45, 2.75) is 26.7 Å². The number of rotatable bonds is 5. The Labute approximate surface area is 127 Å². The van der Waals surface area contributed by atoms with E-state index < -0.39 is 12.0 Å². The van der Waals surface area contributed by atoms with E-state index in [1.165, 1.54) is 0 Å². The van der Waals surface area contributed by atoms with Crippen LogP contribution in [0.5, 0.6) is 0 Å². The molecule has 0 atom stereocenters. The van der Waals surface area contributed by atoms with E-state index in [4.69, 9.17) is 9.52 Å². The number of hydrogen-bond acceptors (Lipinski definition) is 4. The molecule has 0 aliphatic rings. The van der Waals surface area contributed by atoms with Gasteiger partial charge in [0.1, 0.15) is 5.76 Å². The van der Waals surface area contributed by atoms with Crippen molar-refractivity contribution in [2.75, 3.05) is 10.6 Å². The molecule has 0 aliphatic carbocycles. The van der Waals surface area contributed by atoms with Gasteiger partial charge < -0.3 is 14.8 Å². The minimum absolute atomic E-state index is 0.0461. The summed E-state index contributed by atoms with van der Waals surface area (Å²) in [4.78, 5) is 26.5. The van der Waals surface area contributed by atoms with Crippen LogP contribution in [0.2, 0.25) is 0 Å². The Morgan fingerprint density at radius 2 is 2.05 bits per heavy atom. The highest BCUT2D eigenvalue weighted by Gasteiger charge is 2.09. The monoisotopic (exact) mass is 303 g/mol. The summed E-state index contributed by atoms with van der Waals surface area (Å²) in [5.41, 5.74) is 2.12. The molecule has 1 aromatic carbocycles. The molecule has 1 heterocycles. The van der Waals surface area contributed by atoms with Gasteiger partial charge in [0, 0.05) is 12.1 Å². The van der Waals surface area contributed by atoms with Gasteiger partial charge >= 0.3 is 18.0 Å². The number of oxazole rings is 1. The molecular weight excluding hydrogens is 286 g/mol. The Balaban J connectivity index is 1.96. The molecule has 0 fully saturated rings. The SMILES string of the molecule is Cc1nc(NC(=O)Nc2cccc(CCC(=O)O)c2)oc1C. The summed E-state index contributed by atoms with van der Waals surface area (Å²) >= 11 is 0. The highest BCUT2D eigenvalue weighted by atomic mass is 16.4. The molecule has 0 saturated carbocycles. The van der Waals surface area contributed by atoms with Crippen molar-refractivity contribution in [1.82, 2.24) is 4.98 Å². The zero-order chi connectivity index (χ0) is 16.1. The van der Waals surface area contributed by atoms with Crippen molar-refractivity contribution < 1.29 is 19.1 Å². The van der Waals surface area contributed by atoms with E-state index in [-0.39, 0.29) is 12.4 Å². The molecule has 2 amide bonds. The number of carbonyl (C=O) groups excluding carboxylic acids is 1. The maximum absolute atomic E-state index is 11.9. The number of carboxylic acids is 1. The number of carboxylic acid groups (broad SMARTS) is 1. The molecule has 0 spiro atoms. The molecule has 2 aromatic rings. The summed E-state index contributed by atoms with van der Waals surface area (Å²) < 4.78 is 5.26. The van der Waals surface area contributed by atoms with Crippen LogP contribution >= 0.6 is 0 Å². The van der Waals surface area contributed by atoms with Gasteiger partial charge in [-0.15, -0.1) is 0 Å². The third-order valence-electron chi connectivity index (χ3n) is 3.06. The standard InChI is InChI=1S/C15H17N3O4/c1-9-10(2)22-15(16-9)18-14(21)17-12-5-3-4-11(8-12)6-7-13(19)20/h3-5,8H,6-7H2,1-2H3,(H,19,20)(H2,16,17,18,21). The number of amides is 2. The van der Waals surface area contributed by atoms with E-state index in [1.54, 1.807) is 32.0 Å². The van der Waals surface area contributed by atoms with Gasteiger partial charge in [-0.25, -0.2) is 4.79 Å². The maximum atomic E-state index is 11.9. The molecule has 0 bridgehead atoms. The van der Waals surface area contributed by atoms with Gasteiger partial charge in [-0.2, -0.15) is 4.98 Å². The summed E-state index contributed by atoms with van der Waals surface area (Å²) in [6.45, 7) is 3.55. The number of urea groups is 1. The summed E-state index contributed by atoms with van der Waals surface area (Å²) in [5.74, 6) is -0.211. The lowest BCUT2D eigenvalue weighted by Gasteiger charge is -2.06. The topological polar surface area (TPSA) is 104 Å². The van der Waals surface area contributed by atoms with Crippen LogP contribution in [0.3, 0.4) is 0 Å². The third-order valence-corrected chi connectivity index (χ3v) is 3.06. The zero-order valence-corrected chi connectivity index (χ0v) is 12.3. The number of benzene rings is 1. The Kier molecular flexibility index (Phi) is 4.77. The lowest BCUT2D eigenvalue weighted by Crippen LogP contribution is -2.19. The quantitative estimate of drug-likeness (QED) is 0.787. The lowest BCUT2D eigenvalue weighted by molar-refractivity contribution is -0.136. The number of aromatic nitrogens is 1. The predicted molar refractivity (Wildman–Crippen MR) is 81.0 cm³/mol. The Hall–Kier alpha value is -2.83. The van der Waals surface area contributed by atoms with Gasteiger partial charge in [-0.1, -0.05) is 12.1 Å². The fourth-order valence-corrected chi connectivity index (χ4v) is 1.84. The highest BCUT2D eigenvalue weighted by Crippen LogP contribution is 2.15. The molecule has 0 aliphatic heterocycles. The van der Waals surface area contributed by atoms with Crippen LogP contribution in [0.25, 0.3) is 0 Å². The van der Waals surface area contributed by atoms with Gasteiger partial charge in [0.25, 0.3) is 0 Å². The first-order valence-electron chi connectivity index (χ1n) is 6.77. The minimum Gasteiger partial charge on any atom is -0.481 e. The Morgan fingerprint density at radius 3 is 2.68 bits per heavy atom. The molecule has 1 aromatic heterocycles. The van der Waals surface area contributed by atoms with Crippen molar-refractivity contribution in [3.63, 3.8) is 0 Å². The molecule has 3 N–H and O–H groups in total. The van der Waals surface area contributed by atoms with Gasteiger partial charge in [0.2, 0.25) is 0 Å². The number of anilines is 2. The molecular formula is C15H17N3O4. The molecule has 0 saturated heterocycles. The average molecular weight is 303 g/mol. The molecule has 22 heavy (non-hydrogen) atoms. The fourth-order valence-electron chi connectivity index (χ4n) is 1.84. The summed E-state index contributed by atoms with van der Waals surface area (Å²) in [5, 5.41) is 13.8. The summed E-state index contributed by atoms with van der Waals surface area (Å²) in [7, 11) is 0. The van der Waals surface area contributed by atoms with E-state index in [0.717, 1.165) is 5.56 Å². The van der Waals surface area contributed by atoms with Crippen molar-refractivity contribution in [1.29, 1.82) is 0 Å². The fraction of sp³-hybridized carbons (Fsp3) is 0.267. The number of nitrogens with one attached hydrogen (secondary N) is 2. The van der Waals surface area contributed by atoms with Crippen LogP contribution in [0.4, 0.5) is 16.5 Å². The zero-order valence-electron chi connectivity index (χ0n) is 12.3. The second-order valence-electron chi connectivity index (χ2n) is 4.83. The number of nitrogens with zero attached hydrogens (tertiary/aromatic N) is 1. The Bertz CT molecular complexity index is 674. The number of carbonyl (C=O) groups is 2. The first kappa shape index (κ1) is 15.6. The largest absolute Gasteiger partial charge is 0.481 e. The van der Waals surface area contributed by atoms with Crippen LogP contribution in [-0.2, 0) is 11.2 Å². The minimum atomic E-state index is -0.856. The summed E-state index contributed by atoms with van der Waals surface area (Å²) in [6, 6.07) is 6.68. The first-order valence-corrected chi connectivity index (χ1v) is 6.77.